The highest BCUT2D eigenvalue weighted by atomic mass is 35.5. The lowest BCUT2D eigenvalue weighted by atomic mass is 10.0. The third-order valence-corrected chi connectivity index (χ3v) is 4.15. The van der Waals surface area contributed by atoms with E-state index in [2.05, 4.69) is 4.98 Å². The average Bonchev–Trinajstić information content (AvgIpc) is 2.54. The highest BCUT2D eigenvalue weighted by Crippen LogP contribution is 2.31. The summed E-state index contributed by atoms with van der Waals surface area (Å²) in [6.07, 6.45) is 1.82. The van der Waals surface area contributed by atoms with Crippen molar-refractivity contribution in [1.29, 1.82) is 0 Å². The van der Waals surface area contributed by atoms with Crippen LogP contribution in [0.3, 0.4) is 0 Å². The number of hydrogen-bond donors (Lipinski definition) is 1. The van der Waals surface area contributed by atoms with E-state index < -0.39 is 10.1 Å². The number of phenolic OH excluding ortho intramolecular Hbond substituents is 1. The first-order chi connectivity index (χ1) is 11.0. The molecule has 1 N–H and O–H groups in total. The monoisotopic (exact) mass is 345 g/mol. The number of rotatable bonds is 4. The number of ketones is 1. The summed E-state index contributed by atoms with van der Waals surface area (Å²) in [5.41, 5.74) is 2.00. The zero-order valence-electron chi connectivity index (χ0n) is 12.0. The Bertz CT molecular complexity index is 860. The largest absolute Gasteiger partial charge is 0.508 e. The average molecular weight is 346 g/mol. The van der Waals surface area contributed by atoms with Crippen molar-refractivity contribution in [3.8, 4) is 5.75 Å². The van der Waals surface area contributed by atoms with Crippen LogP contribution in [0.2, 0.25) is 0 Å². The molecule has 3 aromatic rings. The molecule has 0 aliphatic heterocycles. The SMILES string of the molecule is O=C(c1ccc(O)cc1)C(Cl)(Cl)Cc1cnc2ccccc2c1. The summed E-state index contributed by atoms with van der Waals surface area (Å²) < 4.78 is -1.60. The molecule has 0 atom stereocenters. The summed E-state index contributed by atoms with van der Waals surface area (Å²) in [5, 5.41) is 10.3. The summed E-state index contributed by atoms with van der Waals surface area (Å²) in [7, 11) is 0. The van der Waals surface area contributed by atoms with E-state index in [-0.39, 0.29) is 12.2 Å². The number of benzene rings is 2. The number of carbonyl (C=O) groups is 1. The number of carbonyl (C=O) groups excluding carboxylic acids is 1. The maximum absolute atomic E-state index is 12.5. The molecule has 0 fully saturated rings. The molecular weight excluding hydrogens is 333 g/mol. The van der Waals surface area contributed by atoms with Crippen LogP contribution in [0.5, 0.6) is 5.75 Å². The Balaban J connectivity index is 1.86. The van der Waals surface area contributed by atoms with E-state index in [0.717, 1.165) is 16.5 Å². The second-order valence-electron chi connectivity index (χ2n) is 5.29. The highest BCUT2D eigenvalue weighted by Gasteiger charge is 2.34. The summed E-state index contributed by atoms with van der Waals surface area (Å²) in [4.78, 5) is 16.8. The fourth-order valence-corrected chi connectivity index (χ4v) is 2.90. The number of pyridine rings is 1. The smallest absolute Gasteiger partial charge is 0.199 e. The first kappa shape index (κ1) is 15.8. The number of hydrogen-bond acceptors (Lipinski definition) is 3. The van der Waals surface area contributed by atoms with Gasteiger partial charge in [-0.2, -0.15) is 0 Å². The molecule has 0 bridgehead atoms. The lowest BCUT2D eigenvalue weighted by molar-refractivity contribution is 0.0972. The molecule has 0 aliphatic carbocycles. The molecule has 5 heteroatoms. The predicted octanol–water partition coefficient (Wildman–Crippen LogP) is 4.54. The molecule has 23 heavy (non-hydrogen) atoms. The predicted molar refractivity (Wildman–Crippen MR) is 92.3 cm³/mol. The highest BCUT2D eigenvalue weighted by molar-refractivity contribution is 6.60. The number of para-hydroxylation sites is 1. The van der Waals surface area contributed by atoms with Crippen molar-refractivity contribution >= 4 is 39.9 Å². The Kier molecular flexibility index (Phi) is 4.24. The van der Waals surface area contributed by atoms with Gasteiger partial charge in [0, 0.05) is 23.6 Å². The van der Waals surface area contributed by atoms with E-state index in [9.17, 15) is 9.90 Å². The Hall–Kier alpha value is -2.10. The molecule has 3 rings (SSSR count). The maximum Gasteiger partial charge on any atom is 0.199 e. The topological polar surface area (TPSA) is 50.2 Å². The van der Waals surface area contributed by atoms with Crippen LogP contribution in [0, 0.1) is 0 Å². The van der Waals surface area contributed by atoms with E-state index in [1.165, 1.54) is 24.3 Å². The molecule has 0 radical (unpaired) electrons. The quantitative estimate of drug-likeness (QED) is 0.557. The third-order valence-electron chi connectivity index (χ3n) is 3.53. The number of phenols is 1. The molecule has 0 unspecified atom stereocenters. The van der Waals surface area contributed by atoms with E-state index >= 15 is 0 Å². The van der Waals surface area contributed by atoms with Gasteiger partial charge in [-0.15, -0.1) is 0 Å². The minimum atomic E-state index is -1.60. The Morgan fingerprint density at radius 3 is 2.52 bits per heavy atom. The minimum absolute atomic E-state index is 0.0787. The second-order valence-corrected chi connectivity index (χ2v) is 6.78. The normalized spacial score (nSPS) is 11.6. The molecule has 1 heterocycles. The first-order valence-electron chi connectivity index (χ1n) is 7.01. The van der Waals surface area contributed by atoms with E-state index in [1.807, 2.05) is 30.3 Å². The molecule has 2 aromatic carbocycles. The molecule has 0 amide bonds. The van der Waals surface area contributed by atoms with Gasteiger partial charge in [-0.3, -0.25) is 9.78 Å². The van der Waals surface area contributed by atoms with Gasteiger partial charge < -0.3 is 5.11 Å². The van der Waals surface area contributed by atoms with Gasteiger partial charge in [0.1, 0.15) is 5.75 Å². The molecule has 1 aromatic heterocycles. The fraction of sp³-hybridized carbons (Fsp3) is 0.111. The molecule has 0 saturated carbocycles. The van der Waals surface area contributed by atoms with Gasteiger partial charge >= 0.3 is 0 Å². The zero-order chi connectivity index (χ0) is 16.4. The molecule has 3 nitrogen and oxygen atoms in total. The van der Waals surface area contributed by atoms with E-state index in [0.29, 0.717) is 5.56 Å². The first-order valence-corrected chi connectivity index (χ1v) is 7.77. The van der Waals surface area contributed by atoms with Crippen molar-refractivity contribution < 1.29 is 9.90 Å². The number of alkyl halides is 2. The van der Waals surface area contributed by atoms with Gasteiger partial charge in [0.25, 0.3) is 0 Å². The van der Waals surface area contributed by atoms with Gasteiger partial charge in [-0.25, -0.2) is 0 Å². The van der Waals surface area contributed by atoms with Crippen molar-refractivity contribution in [2.45, 2.75) is 10.8 Å². The van der Waals surface area contributed by atoms with Crippen LogP contribution in [-0.4, -0.2) is 20.2 Å². The molecule has 0 saturated heterocycles. The van der Waals surface area contributed by atoms with Crippen LogP contribution >= 0.6 is 23.2 Å². The summed E-state index contributed by atoms with van der Waals surface area (Å²) in [6, 6.07) is 15.5. The zero-order valence-corrected chi connectivity index (χ0v) is 13.6. The number of aromatic nitrogens is 1. The summed E-state index contributed by atoms with van der Waals surface area (Å²) in [6.45, 7) is 0. The lowest BCUT2D eigenvalue weighted by Gasteiger charge is -2.18. The van der Waals surface area contributed by atoms with Gasteiger partial charge in [0.15, 0.2) is 10.1 Å². The minimum Gasteiger partial charge on any atom is -0.508 e. The van der Waals surface area contributed by atoms with Crippen LogP contribution in [-0.2, 0) is 6.42 Å². The Morgan fingerprint density at radius 2 is 1.78 bits per heavy atom. The van der Waals surface area contributed by atoms with Crippen molar-refractivity contribution in [2.75, 3.05) is 0 Å². The molecular formula is C18H13Cl2NO2. The van der Waals surface area contributed by atoms with Gasteiger partial charge in [-0.05, 0) is 42.0 Å². The van der Waals surface area contributed by atoms with E-state index in [1.54, 1.807) is 6.20 Å². The van der Waals surface area contributed by atoms with Gasteiger partial charge in [0.2, 0.25) is 0 Å². The van der Waals surface area contributed by atoms with Crippen molar-refractivity contribution in [1.82, 2.24) is 4.98 Å². The van der Waals surface area contributed by atoms with Gasteiger partial charge in [-0.1, -0.05) is 41.4 Å². The van der Waals surface area contributed by atoms with Crippen molar-refractivity contribution in [2.24, 2.45) is 0 Å². The number of Topliss-reactive ketones (excluding diaryl/α,β-unsaturated/α-hetero) is 1. The van der Waals surface area contributed by atoms with Crippen LogP contribution in [0.1, 0.15) is 15.9 Å². The van der Waals surface area contributed by atoms with Crippen molar-refractivity contribution in [3.05, 3.63) is 71.9 Å². The number of nitrogens with zero attached hydrogens (tertiary/aromatic N) is 1. The Morgan fingerprint density at radius 1 is 1.09 bits per heavy atom. The molecule has 0 spiro atoms. The fourth-order valence-electron chi connectivity index (χ4n) is 2.37. The van der Waals surface area contributed by atoms with E-state index in [4.69, 9.17) is 23.2 Å². The standard InChI is InChI=1S/C18H13Cl2NO2/c19-18(20,17(23)13-5-7-15(22)8-6-13)10-12-9-14-3-1-2-4-16(14)21-11-12/h1-9,11,22H,10H2. The van der Waals surface area contributed by atoms with Crippen LogP contribution in [0.4, 0.5) is 0 Å². The lowest BCUT2D eigenvalue weighted by Crippen LogP contribution is -2.28. The molecule has 116 valence electrons. The van der Waals surface area contributed by atoms with Crippen LogP contribution in [0.25, 0.3) is 10.9 Å². The van der Waals surface area contributed by atoms with Crippen molar-refractivity contribution in [3.63, 3.8) is 0 Å². The number of fused-ring (bicyclic) bond motifs is 1. The number of aromatic hydroxyl groups is 1. The van der Waals surface area contributed by atoms with Gasteiger partial charge in [0.05, 0.1) is 5.52 Å². The maximum atomic E-state index is 12.5. The second kappa shape index (κ2) is 6.19. The third kappa shape index (κ3) is 3.46. The Labute approximate surface area is 143 Å². The summed E-state index contributed by atoms with van der Waals surface area (Å²) >= 11 is 12.5. The van der Waals surface area contributed by atoms with Crippen LogP contribution in [0.15, 0.2) is 60.8 Å². The van der Waals surface area contributed by atoms with Crippen LogP contribution < -0.4 is 0 Å². The molecule has 0 aliphatic rings. The summed E-state index contributed by atoms with van der Waals surface area (Å²) in [5.74, 6) is -0.330. The number of halogens is 2.